The second-order valence-electron chi connectivity index (χ2n) is 4.93. The number of nitrogens with zero attached hydrogens (tertiary/aromatic N) is 1. The predicted molar refractivity (Wildman–Crippen MR) is 114 cm³/mol. The zero-order valence-electron chi connectivity index (χ0n) is 14.5. The van der Waals surface area contributed by atoms with Crippen molar-refractivity contribution < 1.29 is 4.42 Å². The molecule has 1 aromatic heterocycles. The van der Waals surface area contributed by atoms with Gasteiger partial charge in [-0.1, -0.05) is 56.7 Å². The molecule has 0 aromatic carbocycles. The Balaban J connectivity index is 3.70. The first kappa shape index (κ1) is 20.3. The van der Waals surface area contributed by atoms with Crippen molar-refractivity contribution >= 4 is 37.1 Å². The van der Waals surface area contributed by atoms with Crippen molar-refractivity contribution in [1.29, 1.82) is 0 Å². The van der Waals surface area contributed by atoms with Gasteiger partial charge in [0, 0.05) is 11.8 Å². The highest BCUT2D eigenvalue weighted by Crippen LogP contribution is 2.15. The molecule has 0 aliphatic carbocycles. The Labute approximate surface area is 155 Å². The summed E-state index contributed by atoms with van der Waals surface area (Å²) in [6.07, 6.45) is 8.85. The summed E-state index contributed by atoms with van der Waals surface area (Å²) in [6, 6.07) is 9.23. The molecule has 0 fully saturated rings. The molecule has 128 valence electrons. The number of aliphatic imine (C=N–C) groups is 1. The molecule has 0 amide bonds. The van der Waals surface area contributed by atoms with Crippen molar-refractivity contribution in [3.05, 3.63) is 101 Å². The van der Waals surface area contributed by atoms with Gasteiger partial charge in [0.15, 0.2) is 0 Å². The molecule has 0 radical (unpaired) electrons. The van der Waals surface area contributed by atoms with Crippen LogP contribution in [0, 0.1) is 0 Å². The van der Waals surface area contributed by atoms with Crippen LogP contribution in [0.25, 0.3) is 18.7 Å². The molecule has 0 atom stereocenters. The van der Waals surface area contributed by atoms with E-state index < -0.39 is 0 Å². The van der Waals surface area contributed by atoms with Crippen molar-refractivity contribution in [2.24, 2.45) is 4.99 Å². The fraction of sp³-hybridized carbons (Fsp3) is 0.0455. The van der Waals surface area contributed by atoms with Gasteiger partial charge in [-0.15, -0.1) is 0 Å². The molecule has 0 unspecified atom stereocenters. The van der Waals surface area contributed by atoms with E-state index in [0.29, 0.717) is 16.9 Å². The van der Waals surface area contributed by atoms with Crippen LogP contribution in [0.4, 0.5) is 0 Å². The second kappa shape index (κ2) is 10.9. The molecule has 2 nitrogen and oxygen atoms in total. The van der Waals surface area contributed by atoms with Crippen LogP contribution in [0.3, 0.4) is 0 Å². The molecule has 1 aromatic rings. The van der Waals surface area contributed by atoms with Gasteiger partial charge in [0.1, 0.15) is 11.2 Å². The van der Waals surface area contributed by atoms with Gasteiger partial charge in [0.05, 0.1) is 5.71 Å². The predicted octanol–water partition coefficient (Wildman–Crippen LogP) is 4.77. The third-order valence-corrected chi connectivity index (χ3v) is 3.30. The SMILES string of the molecule is C=CN=C(/C=C(\C=C)c1cc(=C)ccccc(=C)o1)C(/C=C\S)=C/C. The first-order valence-corrected chi connectivity index (χ1v) is 8.20. The van der Waals surface area contributed by atoms with E-state index in [1.165, 1.54) is 6.20 Å². The van der Waals surface area contributed by atoms with E-state index in [2.05, 4.69) is 43.9 Å². The van der Waals surface area contributed by atoms with Gasteiger partial charge < -0.3 is 4.42 Å². The minimum Gasteiger partial charge on any atom is -0.457 e. The van der Waals surface area contributed by atoms with Gasteiger partial charge in [0.25, 0.3) is 0 Å². The third-order valence-electron chi connectivity index (χ3n) is 3.15. The molecule has 0 saturated heterocycles. The van der Waals surface area contributed by atoms with E-state index in [-0.39, 0.29) is 0 Å². The van der Waals surface area contributed by atoms with Crippen molar-refractivity contribution in [2.45, 2.75) is 6.92 Å². The number of rotatable bonds is 6. The largest absolute Gasteiger partial charge is 0.457 e. The second-order valence-corrected chi connectivity index (χ2v) is 5.23. The minimum absolute atomic E-state index is 0.516. The number of allylic oxidation sites excluding steroid dienone is 6. The Morgan fingerprint density at radius 2 is 1.92 bits per heavy atom. The molecule has 1 rings (SSSR count). The highest BCUT2D eigenvalue weighted by atomic mass is 32.1. The molecule has 0 aliphatic rings. The number of thiol groups is 1. The van der Waals surface area contributed by atoms with E-state index in [0.717, 1.165) is 16.4 Å². The van der Waals surface area contributed by atoms with E-state index in [9.17, 15) is 0 Å². The van der Waals surface area contributed by atoms with E-state index in [1.54, 1.807) is 17.6 Å². The first-order valence-electron chi connectivity index (χ1n) is 7.68. The Kier molecular flexibility index (Phi) is 8.83. The standard InChI is InChI=1S/C22H23NOS/c1-6-19(13-14-25)21(23-8-3)16-20(7-2)22-15-17(4)11-9-10-12-18(5)24-22/h6-16,25H,2-5H2,1H3/b11-9?,12-10?,14-13-,19-6+,20-16+,22-15?,23-21?. The van der Waals surface area contributed by atoms with E-state index in [4.69, 9.17) is 4.42 Å². The average Bonchev–Trinajstić information content (AvgIpc) is 2.67. The summed E-state index contributed by atoms with van der Waals surface area (Å²) in [5.41, 5.74) is 2.88. The smallest absolute Gasteiger partial charge is 0.135 e. The zero-order valence-corrected chi connectivity index (χ0v) is 15.4. The van der Waals surface area contributed by atoms with Crippen LogP contribution in [0.15, 0.2) is 94.4 Å². The van der Waals surface area contributed by atoms with Gasteiger partial charge in [-0.25, -0.2) is 0 Å². The molecule has 0 aliphatic heterocycles. The lowest BCUT2D eigenvalue weighted by atomic mass is 10.1. The van der Waals surface area contributed by atoms with Gasteiger partial charge in [-0.3, -0.25) is 4.99 Å². The molecule has 25 heavy (non-hydrogen) atoms. The lowest BCUT2D eigenvalue weighted by molar-refractivity contribution is 0.509. The molecule has 3 heteroatoms. The highest BCUT2D eigenvalue weighted by Gasteiger charge is 2.05. The van der Waals surface area contributed by atoms with Crippen LogP contribution < -0.4 is 10.6 Å². The monoisotopic (exact) mass is 349 g/mol. The molecule has 1 heterocycles. The number of hydrogen-bond donors (Lipinski definition) is 1. The molecular formula is C22H23NOS. The van der Waals surface area contributed by atoms with Crippen molar-refractivity contribution in [2.75, 3.05) is 0 Å². The summed E-state index contributed by atoms with van der Waals surface area (Å²) in [7, 11) is 0. The summed E-state index contributed by atoms with van der Waals surface area (Å²) in [5, 5.41) is 2.45. The highest BCUT2D eigenvalue weighted by molar-refractivity contribution is 7.83. The lowest BCUT2D eigenvalue weighted by Crippen LogP contribution is -2.01. The first-order chi connectivity index (χ1) is 12.0. The summed E-state index contributed by atoms with van der Waals surface area (Å²) >= 11 is 4.14. The zero-order chi connectivity index (χ0) is 18.7. The summed E-state index contributed by atoms with van der Waals surface area (Å²) in [4.78, 5) is 4.34. The Hall–Kier alpha value is -2.78. The van der Waals surface area contributed by atoms with E-state index in [1.807, 2.05) is 49.4 Å². The summed E-state index contributed by atoms with van der Waals surface area (Å²) in [6.45, 7) is 17.4. The van der Waals surface area contributed by atoms with Gasteiger partial charge in [-0.05, 0) is 47.4 Å². The van der Waals surface area contributed by atoms with Crippen LogP contribution >= 0.6 is 12.6 Å². The van der Waals surface area contributed by atoms with Crippen molar-refractivity contribution in [3.63, 3.8) is 0 Å². The van der Waals surface area contributed by atoms with Gasteiger partial charge in [0.2, 0.25) is 0 Å². The van der Waals surface area contributed by atoms with Crippen LogP contribution in [0.2, 0.25) is 0 Å². The molecular weight excluding hydrogens is 326 g/mol. The van der Waals surface area contributed by atoms with E-state index >= 15 is 0 Å². The third kappa shape index (κ3) is 6.69. The minimum atomic E-state index is 0.516. The fourth-order valence-electron chi connectivity index (χ4n) is 1.99. The summed E-state index contributed by atoms with van der Waals surface area (Å²) in [5.74, 6) is 0.586. The maximum absolute atomic E-state index is 5.85. The van der Waals surface area contributed by atoms with Crippen molar-refractivity contribution in [3.8, 4) is 0 Å². The quantitative estimate of drug-likeness (QED) is 0.447. The van der Waals surface area contributed by atoms with Gasteiger partial charge >= 0.3 is 0 Å². The maximum Gasteiger partial charge on any atom is 0.135 e. The van der Waals surface area contributed by atoms with Gasteiger partial charge in [-0.2, -0.15) is 12.6 Å². The van der Waals surface area contributed by atoms with Crippen LogP contribution in [-0.2, 0) is 0 Å². The molecule has 0 spiro atoms. The van der Waals surface area contributed by atoms with Crippen LogP contribution in [0.5, 0.6) is 0 Å². The molecule has 0 saturated carbocycles. The van der Waals surface area contributed by atoms with Crippen LogP contribution in [-0.4, -0.2) is 5.71 Å². The average molecular weight is 349 g/mol. The Morgan fingerprint density at radius 3 is 2.52 bits per heavy atom. The Morgan fingerprint density at radius 1 is 1.20 bits per heavy atom. The normalized spacial score (nSPS) is 12.8. The topological polar surface area (TPSA) is 25.5 Å². The lowest BCUT2D eigenvalue weighted by Gasteiger charge is -2.05. The summed E-state index contributed by atoms with van der Waals surface area (Å²) < 4.78 is 5.85. The molecule has 0 bridgehead atoms. The number of hydrogen-bond acceptors (Lipinski definition) is 3. The van der Waals surface area contributed by atoms with Crippen LogP contribution in [0.1, 0.15) is 12.7 Å². The fourth-order valence-corrected chi connectivity index (χ4v) is 2.15. The van der Waals surface area contributed by atoms with Crippen molar-refractivity contribution in [1.82, 2.24) is 0 Å². The maximum atomic E-state index is 5.85. The molecule has 0 N–H and O–H groups in total. The Bertz CT molecular complexity index is 858.